The van der Waals surface area contributed by atoms with Crippen molar-refractivity contribution < 1.29 is 4.74 Å². The SMILES string of the molecule is CCC(C)Oc1ccc2[nH]nnc2c1. The molecule has 0 fully saturated rings. The zero-order valence-corrected chi connectivity index (χ0v) is 8.32. The third-order valence-electron chi connectivity index (χ3n) is 2.21. The molecule has 0 bridgehead atoms. The molecule has 14 heavy (non-hydrogen) atoms. The number of fused-ring (bicyclic) bond motifs is 1. The molecule has 2 rings (SSSR count). The van der Waals surface area contributed by atoms with Crippen LogP contribution in [0.5, 0.6) is 5.75 Å². The topological polar surface area (TPSA) is 50.8 Å². The summed E-state index contributed by atoms with van der Waals surface area (Å²) in [7, 11) is 0. The fourth-order valence-corrected chi connectivity index (χ4v) is 1.21. The van der Waals surface area contributed by atoms with Gasteiger partial charge in [0.15, 0.2) is 0 Å². The Morgan fingerprint density at radius 2 is 2.36 bits per heavy atom. The molecule has 1 aromatic carbocycles. The zero-order chi connectivity index (χ0) is 9.97. The molecule has 0 aliphatic rings. The van der Waals surface area contributed by atoms with Gasteiger partial charge in [0.25, 0.3) is 0 Å². The molecule has 1 unspecified atom stereocenters. The lowest BCUT2D eigenvalue weighted by atomic mass is 10.3. The van der Waals surface area contributed by atoms with Gasteiger partial charge in [-0.2, -0.15) is 0 Å². The maximum absolute atomic E-state index is 5.66. The van der Waals surface area contributed by atoms with Gasteiger partial charge in [-0.25, -0.2) is 0 Å². The summed E-state index contributed by atoms with van der Waals surface area (Å²) >= 11 is 0. The van der Waals surface area contributed by atoms with Crippen molar-refractivity contribution in [2.24, 2.45) is 0 Å². The van der Waals surface area contributed by atoms with Crippen LogP contribution in [-0.2, 0) is 0 Å². The molecular formula is C10H13N3O. The molecular weight excluding hydrogens is 178 g/mol. The summed E-state index contributed by atoms with van der Waals surface area (Å²) in [5.74, 6) is 0.848. The van der Waals surface area contributed by atoms with Crippen molar-refractivity contribution in [3.8, 4) is 5.75 Å². The van der Waals surface area contributed by atoms with Crippen molar-refractivity contribution in [2.75, 3.05) is 0 Å². The zero-order valence-electron chi connectivity index (χ0n) is 8.32. The maximum Gasteiger partial charge on any atom is 0.122 e. The number of ether oxygens (including phenoxy) is 1. The van der Waals surface area contributed by atoms with E-state index in [0.29, 0.717) is 0 Å². The Morgan fingerprint density at radius 1 is 1.50 bits per heavy atom. The predicted octanol–water partition coefficient (Wildman–Crippen LogP) is 2.14. The molecule has 2 aromatic rings. The van der Waals surface area contributed by atoms with Gasteiger partial charge in [0.1, 0.15) is 11.3 Å². The predicted molar refractivity (Wildman–Crippen MR) is 54.3 cm³/mol. The third-order valence-corrected chi connectivity index (χ3v) is 2.21. The highest BCUT2D eigenvalue weighted by atomic mass is 16.5. The van der Waals surface area contributed by atoms with Crippen molar-refractivity contribution in [1.82, 2.24) is 15.4 Å². The first-order valence-corrected chi connectivity index (χ1v) is 4.77. The van der Waals surface area contributed by atoms with E-state index in [1.807, 2.05) is 25.1 Å². The van der Waals surface area contributed by atoms with Crippen LogP contribution in [0.1, 0.15) is 20.3 Å². The van der Waals surface area contributed by atoms with Gasteiger partial charge in [-0.1, -0.05) is 12.1 Å². The Hall–Kier alpha value is -1.58. The van der Waals surface area contributed by atoms with Gasteiger partial charge in [0.2, 0.25) is 0 Å². The van der Waals surface area contributed by atoms with Crippen molar-refractivity contribution in [2.45, 2.75) is 26.4 Å². The second-order valence-electron chi connectivity index (χ2n) is 3.33. The number of nitrogens with zero attached hydrogens (tertiary/aromatic N) is 2. The number of nitrogens with one attached hydrogen (secondary N) is 1. The molecule has 1 heterocycles. The Morgan fingerprint density at radius 3 is 3.14 bits per heavy atom. The van der Waals surface area contributed by atoms with E-state index >= 15 is 0 Å². The Bertz CT molecular complexity index is 424. The van der Waals surface area contributed by atoms with Gasteiger partial charge < -0.3 is 4.74 Å². The standard InChI is InChI=1S/C10H13N3O/c1-3-7(2)14-8-4-5-9-10(6-8)12-13-11-9/h4-7H,3H2,1-2H3,(H,11,12,13). The van der Waals surface area contributed by atoms with Crippen LogP contribution in [0.25, 0.3) is 11.0 Å². The van der Waals surface area contributed by atoms with Crippen LogP contribution >= 0.6 is 0 Å². The lowest BCUT2D eigenvalue weighted by molar-refractivity contribution is 0.217. The summed E-state index contributed by atoms with van der Waals surface area (Å²) in [5, 5.41) is 10.4. The molecule has 4 heteroatoms. The first kappa shape index (κ1) is 8.99. The number of hydrogen-bond donors (Lipinski definition) is 1. The van der Waals surface area contributed by atoms with E-state index in [1.54, 1.807) is 0 Å². The largest absolute Gasteiger partial charge is 0.491 e. The number of hydrogen-bond acceptors (Lipinski definition) is 3. The van der Waals surface area contributed by atoms with Crippen molar-refractivity contribution >= 4 is 11.0 Å². The summed E-state index contributed by atoms with van der Waals surface area (Å²) in [6, 6.07) is 5.74. The molecule has 1 N–H and O–H groups in total. The van der Waals surface area contributed by atoms with E-state index in [-0.39, 0.29) is 6.10 Å². The normalized spacial score (nSPS) is 13.0. The van der Waals surface area contributed by atoms with Crippen LogP contribution < -0.4 is 4.74 Å². The molecule has 0 saturated heterocycles. The number of rotatable bonds is 3. The highest BCUT2D eigenvalue weighted by Crippen LogP contribution is 2.18. The minimum atomic E-state index is 0.236. The molecule has 0 aliphatic carbocycles. The van der Waals surface area contributed by atoms with Gasteiger partial charge >= 0.3 is 0 Å². The van der Waals surface area contributed by atoms with Crippen LogP contribution in [0.4, 0.5) is 0 Å². The summed E-state index contributed by atoms with van der Waals surface area (Å²) in [6.45, 7) is 4.15. The van der Waals surface area contributed by atoms with Crippen LogP contribution in [0.3, 0.4) is 0 Å². The van der Waals surface area contributed by atoms with Gasteiger partial charge in [-0.3, -0.25) is 5.10 Å². The monoisotopic (exact) mass is 191 g/mol. The minimum absolute atomic E-state index is 0.236. The van der Waals surface area contributed by atoms with E-state index in [9.17, 15) is 0 Å². The molecule has 1 aromatic heterocycles. The number of aromatic amines is 1. The van der Waals surface area contributed by atoms with E-state index < -0.39 is 0 Å². The number of aromatic nitrogens is 3. The first-order valence-electron chi connectivity index (χ1n) is 4.77. The highest BCUT2D eigenvalue weighted by molar-refractivity contribution is 5.75. The highest BCUT2D eigenvalue weighted by Gasteiger charge is 2.03. The minimum Gasteiger partial charge on any atom is -0.491 e. The van der Waals surface area contributed by atoms with Gasteiger partial charge in [-0.15, -0.1) is 5.10 Å². The van der Waals surface area contributed by atoms with Gasteiger partial charge in [0.05, 0.1) is 11.6 Å². The summed E-state index contributed by atoms with van der Waals surface area (Å²) in [4.78, 5) is 0. The fraction of sp³-hybridized carbons (Fsp3) is 0.400. The molecule has 0 radical (unpaired) electrons. The molecule has 0 aliphatic heterocycles. The summed E-state index contributed by atoms with van der Waals surface area (Å²) in [6.07, 6.45) is 1.23. The average molecular weight is 191 g/mol. The molecule has 1 atom stereocenters. The lowest BCUT2D eigenvalue weighted by Gasteiger charge is -2.11. The van der Waals surface area contributed by atoms with E-state index in [2.05, 4.69) is 22.3 Å². The van der Waals surface area contributed by atoms with Gasteiger partial charge in [-0.05, 0) is 25.5 Å². The Balaban J connectivity index is 2.25. The quantitative estimate of drug-likeness (QED) is 0.808. The average Bonchev–Trinajstić information content (AvgIpc) is 2.64. The van der Waals surface area contributed by atoms with Crippen molar-refractivity contribution in [3.63, 3.8) is 0 Å². The van der Waals surface area contributed by atoms with E-state index in [1.165, 1.54) is 0 Å². The lowest BCUT2D eigenvalue weighted by Crippen LogP contribution is -2.09. The van der Waals surface area contributed by atoms with Gasteiger partial charge in [0, 0.05) is 6.07 Å². The van der Waals surface area contributed by atoms with E-state index in [0.717, 1.165) is 23.2 Å². The molecule has 0 amide bonds. The molecule has 4 nitrogen and oxygen atoms in total. The fourth-order valence-electron chi connectivity index (χ4n) is 1.21. The summed E-state index contributed by atoms with van der Waals surface area (Å²) in [5.41, 5.74) is 1.77. The third kappa shape index (κ3) is 1.69. The molecule has 0 saturated carbocycles. The smallest absolute Gasteiger partial charge is 0.122 e. The molecule has 74 valence electrons. The van der Waals surface area contributed by atoms with Crippen LogP contribution in [-0.4, -0.2) is 21.5 Å². The number of benzene rings is 1. The van der Waals surface area contributed by atoms with E-state index in [4.69, 9.17) is 4.74 Å². The second-order valence-corrected chi connectivity index (χ2v) is 3.33. The molecule has 0 spiro atoms. The van der Waals surface area contributed by atoms with Crippen LogP contribution in [0, 0.1) is 0 Å². The maximum atomic E-state index is 5.66. The second kappa shape index (κ2) is 3.65. The van der Waals surface area contributed by atoms with Crippen LogP contribution in [0.15, 0.2) is 18.2 Å². The van der Waals surface area contributed by atoms with Crippen molar-refractivity contribution in [1.29, 1.82) is 0 Å². The van der Waals surface area contributed by atoms with Crippen molar-refractivity contribution in [3.05, 3.63) is 18.2 Å². The number of H-pyrrole nitrogens is 1. The Kier molecular flexibility index (Phi) is 2.35. The Labute approximate surface area is 82.3 Å². The summed E-state index contributed by atoms with van der Waals surface area (Å²) < 4.78 is 5.66. The first-order chi connectivity index (χ1) is 6.79. The van der Waals surface area contributed by atoms with Crippen LogP contribution in [0.2, 0.25) is 0 Å².